The zero-order chi connectivity index (χ0) is 20.5. The molecule has 1 atom stereocenters. The number of hydrogen-bond acceptors (Lipinski definition) is 3. The van der Waals surface area contributed by atoms with E-state index in [1.165, 1.54) is 0 Å². The molecule has 0 saturated heterocycles. The first-order valence-electron chi connectivity index (χ1n) is 9.04. The Hall–Kier alpha value is -2.24. The quantitative estimate of drug-likeness (QED) is 0.612. The third-order valence-corrected chi connectivity index (χ3v) is 4.76. The number of hydrogen-bond donors (Lipinski definition) is 1. The Balaban J connectivity index is 1.95. The van der Waals surface area contributed by atoms with E-state index in [9.17, 15) is 9.59 Å². The van der Waals surface area contributed by atoms with Crippen molar-refractivity contribution in [2.45, 2.75) is 32.4 Å². The van der Waals surface area contributed by atoms with Crippen LogP contribution in [0.2, 0.25) is 10.0 Å². The molecule has 0 aliphatic carbocycles. The Morgan fingerprint density at radius 1 is 1.11 bits per heavy atom. The van der Waals surface area contributed by atoms with E-state index in [1.807, 2.05) is 12.1 Å². The molecule has 28 heavy (non-hydrogen) atoms. The Morgan fingerprint density at radius 3 is 2.46 bits per heavy atom. The maximum absolute atomic E-state index is 12.8. The second-order valence-corrected chi connectivity index (χ2v) is 7.22. The predicted molar refractivity (Wildman–Crippen MR) is 112 cm³/mol. The van der Waals surface area contributed by atoms with Crippen molar-refractivity contribution in [1.82, 2.24) is 10.2 Å². The van der Waals surface area contributed by atoms with Crippen molar-refractivity contribution in [2.75, 3.05) is 13.7 Å². The molecule has 0 fully saturated rings. The summed E-state index contributed by atoms with van der Waals surface area (Å²) in [5.41, 5.74) is 0.869. The van der Waals surface area contributed by atoms with Gasteiger partial charge in [-0.25, -0.2) is 0 Å². The van der Waals surface area contributed by atoms with Gasteiger partial charge in [0.15, 0.2) is 0 Å². The topological polar surface area (TPSA) is 58.6 Å². The molecule has 5 nitrogen and oxygen atoms in total. The van der Waals surface area contributed by atoms with Gasteiger partial charge in [-0.1, -0.05) is 35.3 Å². The van der Waals surface area contributed by atoms with Gasteiger partial charge in [-0.15, -0.1) is 0 Å². The van der Waals surface area contributed by atoms with Gasteiger partial charge in [-0.2, -0.15) is 0 Å². The number of carbonyl (C=O) groups is 2. The minimum atomic E-state index is -0.589. The van der Waals surface area contributed by atoms with Gasteiger partial charge in [0.25, 0.3) is 0 Å². The minimum Gasteiger partial charge on any atom is -0.494 e. The van der Waals surface area contributed by atoms with E-state index in [4.69, 9.17) is 27.9 Å². The molecule has 2 aromatic rings. The fourth-order valence-electron chi connectivity index (χ4n) is 2.71. The molecular weight excluding hydrogens is 399 g/mol. The first-order valence-corrected chi connectivity index (χ1v) is 9.80. The van der Waals surface area contributed by atoms with Crippen molar-refractivity contribution in [2.24, 2.45) is 0 Å². The molecule has 2 amide bonds. The highest BCUT2D eigenvalue weighted by molar-refractivity contribution is 6.30. The van der Waals surface area contributed by atoms with E-state index in [1.54, 1.807) is 55.3 Å². The average molecular weight is 423 g/mol. The lowest BCUT2D eigenvalue weighted by molar-refractivity contribution is -0.140. The molecule has 0 bridgehead atoms. The molecule has 0 spiro atoms. The largest absolute Gasteiger partial charge is 0.494 e. The van der Waals surface area contributed by atoms with Crippen LogP contribution in [0.1, 0.15) is 25.3 Å². The van der Waals surface area contributed by atoms with Gasteiger partial charge >= 0.3 is 0 Å². The van der Waals surface area contributed by atoms with E-state index in [-0.39, 0.29) is 18.2 Å². The molecule has 0 saturated carbocycles. The number of likely N-dealkylation sites (N-methyl/N-ethyl adjacent to an activating group) is 1. The van der Waals surface area contributed by atoms with Gasteiger partial charge in [0, 0.05) is 30.1 Å². The zero-order valence-electron chi connectivity index (χ0n) is 16.0. The van der Waals surface area contributed by atoms with Crippen molar-refractivity contribution in [3.63, 3.8) is 0 Å². The Labute approximate surface area is 175 Å². The standard InChI is InChI=1S/C21H24Cl2N2O3/c1-15(21(27)24-2)25(14-16-5-3-6-18(23)13-16)20(26)7-4-12-28-19-10-8-17(22)9-11-19/h3,5-6,8-11,13,15H,4,7,12,14H2,1-2H3,(H,24,27)/t15-/m1/s1. The molecule has 2 aromatic carbocycles. The molecule has 2 rings (SSSR count). The first kappa shape index (κ1) is 22.1. The third kappa shape index (κ3) is 6.73. The predicted octanol–water partition coefficient (Wildman–Crippen LogP) is 4.32. The van der Waals surface area contributed by atoms with Gasteiger partial charge in [0.1, 0.15) is 11.8 Å². The monoisotopic (exact) mass is 422 g/mol. The molecule has 0 aliphatic rings. The number of ether oxygens (including phenoxy) is 1. The Morgan fingerprint density at radius 2 is 1.82 bits per heavy atom. The number of nitrogens with one attached hydrogen (secondary N) is 1. The van der Waals surface area contributed by atoms with Crippen LogP contribution >= 0.6 is 23.2 Å². The second-order valence-electron chi connectivity index (χ2n) is 6.35. The molecule has 0 unspecified atom stereocenters. The number of benzene rings is 2. The molecule has 0 aliphatic heterocycles. The fraction of sp³-hybridized carbons (Fsp3) is 0.333. The van der Waals surface area contributed by atoms with Crippen LogP contribution in [-0.4, -0.2) is 36.4 Å². The summed E-state index contributed by atoms with van der Waals surface area (Å²) < 4.78 is 5.63. The van der Waals surface area contributed by atoms with Crippen LogP contribution in [0.15, 0.2) is 48.5 Å². The lowest BCUT2D eigenvalue weighted by Gasteiger charge is -2.28. The van der Waals surface area contributed by atoms with E-state index < -0.39 is 6.04 Å². The number of carbonyl (C=O) groups excluding carboxylic acids is 2. The van der Waals surface area contributed by atoms with Crippen molar-refractivity contribution in [3.8, 4) is 5.75 Å². The average Bonchev–Trinajstić information content (AvgIpc) is 2.69. The van der Waals surface area contributed by atoms with E-state index in [2.05, 4.69) is 5.32 Å². The van der Waals surface area contributed by atoms with Crippen LogP contribution in [0.5, 0.6) is 5.75 Å². The zero-order valence-corrected chi connectivity index (χ0v) is 17.5. The maximum Gasteiger partial charge on any atom is 0.242 e. The molecule has 1 N–H and O–H groups in total. The second kappa shape index (κ2) is 10.9. The summed E-state index contributed by atoms with van der Waals surface area (Å²) in [6.45, 7) is 2.42. The summed E-state index contributed by atoms with van der Waals surface area (Å²) in [5, 5.41) is 3.83. The first-order chi connectivity index (χ1) is 13.4. The van der Waals surface area contributed by atoms with Crippen LogP contribution in [0.4, 0.5) is 0 Å². The highest BCUT2D eigenvalue weighted by Gasteiger charge is 2.25. The number of rotatable bonds is 9. The summed E-state index contributed by atoms with van der Waals surface area (Å²) in [4.78, 5) is 26.4. The highest BCUT2D eigenvalue weighted by atomic mass is 35.5. The highest BCUT2D eigenvalue weighted by Crippen LogP contribution is 2.17. The van der Waals surface area contributed by atoms with Crippen LogP contribution in [0.25, 0.3) is 0 Å². The third-order valence-electron chi connectivity index (χ3n) is 4.27. The number of nitrogens with zero attached hydrogens (tertiary/aromatic N) is 1. The van der Waals surface area contributed by atoms with Gasteiger partial charge in [0.2, 0.25) is 11.8 Å². The van der Waals surface area contributed by atoms with Crippen molar-refractivity contribution in [1.29, 1.82) is 0 Å². The molecule has 0 heterocycles. The number of halogens is 2. The van der Waals surface area contributed by atoms with Crippen LogP contribution in [-0.2, 0) is 16.1 Å². The molecule has 0 radical (unpaired) electrons. The maximum atomic E-state index is 12.8. The number of amides is 2. The van der Waals surface area contributed by atoms with E-state index >= 15 is 0 Å². The minimum absolute atomic E-state index is 0.115. The lowest BCUT2D eigenvalue weighted by Crippen LogP contribution is -2.46. The molecule has 7 heteroatoms. The van der Waals surface area contributed by atoms with Gasteiger partial charge in [-0.3, -0.25) is 9.59 Å². The molecule has 0 aromatic heterocycles. The van der Waals surface area contributed by atoms with Gasteiger partial charge in [-0.05, 0) is 55.3 Å². The van der Waals surface area contributed by atoms with Crippen LogP contribution < -0.4 is 10.1 Å². The summed E-state index contributed by atoms with van der Waals surface area (Å²) in [5.74, 6) is 0.370. The Bertz CT molecular complexity index is 796. The Kier molecular flexibility index (Phi) is 8.61. The SMILES string of the molecule is CNC(=O)[C@@H](C)N(Cc1cccc(Cl)c1)C(=O)CCCOc1ccc(Cl)cc1. The summed E-state index contributed by atoms with van der Waals surface area (Å²) in [6.07, 6.45) is 0.809. The van der Waals surface area contributed by atoms with Crippen molar-refractivity contribution in [3.05, 3.63) is 64.1 Å². The summed E-state index contributed by atoms with van der Waals surface area (Å²) in [6, 6.07) is 13.7. The van der Waals surface area contributed by atoms with Crippen LogP contribution in [0, 0.1) is 0 Å². The molecule has 150 valence electrons. The fourth-order valence-corrected chi connectivity index (χ4v) is 3.05. The van der Waals surface area contributed by atoms with E-state index in [0.29, 0.717) is 35.4 Å². The normalized spacial score (nSPS) is 11.6. The van der Waals surface area contributed by atoms with Crippen molar-refractivity contribution >= 4 is 35.0 Å². The van der Waals surface area contributed by atoms with Gasteiger partial charge in [0.05, 0.1) is 6.61 Å². The van der Waals surface area contributed by atoms with Crippen molar-refractivity contribution < 1.29 is 14.3 Å². The van der Waals surface area contributed by atoms with E-state index in [0.717, 1.165) is 5.56 Å². The summed E-state index contributed by atoms with van der Waals surface area (Å²) in [7, 11) is 1.56. The smallest absolute Gasteiger partial charge is 0.242 e. The lowest BCUT2D eigenvalue weighted by atomic mass is 10.1. The van der Waals surface area contributed by atoms with Gasteiger partial charge < -0.3 is 15.0 Å². The molecular formula is C21H24Cl2N2O3. The van der Waals surface area contributed by atoms with Crippen LogP contribution in [0.3, 0.4) is 0 Å². The summed E-state index contributed by atoms with van der Waals surface area (Å²) >= 11 is 11.9.